The molecule has 2 N–H and O–H groups in total. The first kappa shape index (κ1) is 21.5. The van der Waals surface area contributed by atoms with E-state index >= 15 is 0 Å². The first-order valence-electron chi connectivity index (χ1n) is 9.57. The number of hydrogen-bond acceptors (Lipinski definition) is 6. The minimum absolute atomic E-state index is 0.0794. The first-order chi connectivity index (χ1) is 13.4. The summed E-state index contributed by atoms with van der Waals surface area (Å²) >= 11 is 0. The number of carbonyl (C=O) groups excluding carboxylic acids is 3. The molecule has 154 valence electrons. The standard InChI is InChI=1S/C20H28N2O6/c1-4-27-16-11-10-14(12-17(16)26-3)19(24)28-13(2)18(23)22-20(25)21-15-8-6-5-7-9-15/h10-13,15H,4-9H2,1-3H3,(H2,21,22,23,25)/t13-/m0/s1. The van der Waals surface area contributed by atoms with Crippen LogP contribution < -0.4 is 20.1 Å². The van der Waals surface area contributed by atoms with E-state index in [1.165, 1.54) is 32.6 Å². The van der Waals surface area contributed by atoms with Crippen LogP contribution in [0.1, 0.15) is 56.3 Å². The van der Waals surface area contributed by atoms with Gasteiger partial charge in [-0.3, -0.25) is 10.1 Å². The monoisotopic (exact) mass is 392 g/mol. The smallest absolute Gasteiger partial charge is 0.339 e. The molecule has 8 heteroatoms. The Hall–Kier alpha value is -2.77. The Morgan fingerprint density at radius 2 is 1.86 bits per heavy atom. The van der Waals surface area contributed by atoms with Gasteiger partial charge in [-0.15, -0.1) is 0 Å². The summed E-state index contributed by atoms with van der Waals surface area (Å²) in [6, 6.07) is 4.11. The average molecular weight is 392 g/mol. The number of rotatable bonds is 7. The number of hydrogen-bond donors (Lipinski definition) is 2. The number of carbonyl (C=O) groups is 3. The molecule has 0 spiro atoms. The molecule has 1 aromatic rings. The van der Waals surface area contributed by atoms with E-state index in [0.717, 1.165) is 25.7 Å². The zero-order valence-electron chi connectivity index (χ0n) is 16.6. The second-order valence-electron chi connectivity index (χ2n) is 6.64. The maximum Gasteiger partial charge on any atom is 0.339 e. The third-order valence-electron chi connectivity index (χ3n) is 4.53. The van der Waals surface area contributed by atoms with Gasteiger partial charge in [-0.2, -0.15) is 0 Å². The zero-order valence-corrected chi connectivity index (χ0v) is 16.6. The lowest BCUT2D eigenvalue weighted by atomic mass is 9.96. The molecule has 1 fully saturated rings. The minimum Gasteiger partial charge on any atom is -0.493 e. The Balaban J connectivity index is 1.88. The van der Waals surface area contributed by atoms with E-state index in [-0.39, 0.29) is 11.6 Å². The van der Waals surface area contributed by atoms with Crippen LogP contribution >= 0.6 is 0 Å². The van der Waals surface area contributed by atoms with E-state index in [2.05, 4.69) is 10.6 Å². The fourth-order valence-corrected chi connectivity index (χ4v) is 3.03. The van der Waals surface area contributed by atoms with Crippen molar-refractivity contribution in [2.24, 2.45) is 0 Å². The minimum atomic E-state index is -1.12. The van der Waals surface area contributed by atoms with Crippen molar-refractivity contribution >= 4 is 17.9 Å². The van der Waals surface area contributed by atoms with Crippen LogP contribution in [0.15, 0.2) is 18.2 Å². The highest BCUT2D eigenvalue weighted by atomic mass is 16.5. The molecule has 0 saturated heterocycles. The number of methoxy groups -OCH3 is 1. The molecule has 2 rings (SSSR count). The van der Waals surface area contributed by atoms with Gasteiger partial charge in [-0.05, 0) is 44.9 Å². The highest BCUT2D eigenvalue weighted by molar-refractivity contribution is 5.98. The molecule has 3 amide bonds. The van der Waals surface area contributed by atoms with Gasteiger partial charge in [0.15, 0.2) is 17.6 Å². The van der Waals surface area contributed by atoms with Crippen molar-refractivity contribution in [2.75, 3.05) is 13.7 Å². The Morgan fingerprint density at radius 3 is 2.50 bits per heavy atom. The van der Waals surface area contributed by atoms with Gasteiger partial charge in [0, 0.05) is 6.04 Å². The summed E-state index contributed by atoms with van der Waals surface area (Å²) in [5.74, 6) is -0.483. The second kappa shape index (κ2) is 10.5. The average Bonchev–Trinajstić information content (AvgIpc) is 2.69. The van der Waals surface area contributed by atoms with Crippen LogP contribution in [0.3, 0.4) is 0 Å². The van der Waals surface area contributed by atoms with Gasteiger partial charge in [0.25, 0.3) is 5.91 Å². The van der Waals surface area contributed by atoms with Gasteiger partial charge < -0.3 is 19.5 Å². The molecule has 0 unspecified atom stereocenters. The Morgan fingerprint density at radius 1 is 1.14 bits per heavy atom. The van der Waals surface area contributed by atoms with Gasteiger partial charge in [0.1, 0.15) is 0 Å². The van der Waals surface area contributed by atoms with Crippen molar-refractivity contribution in [3.05, 3.63) is 23.8 Å². The van der Waals surface area contributed by atoms with Gasteiger partial charge >= 0.3 is 12.0 Å². The molecule has 0 aromatic heterocycles. The van der Waals surface area contributed by atoms with Crippen LogP contribution in [0, 0.1) is 0 Å². The summed E-state index contributed by atoms with van der Waals surface area (Å²) in [7, 11) is 1.47. The second-order valence-corrected chi connectivity index (χ2v) is 6.64. The number of nitrogens with one attached hydrogen (secondary N) is 2. The van der Waals surface area contributed by atoms with E-state index in [4.69, 9.17) is 14.2 Å². The van der Waals surface area contributed by atoms with Crippen LogP contribution in [0.25, 0.3) is 0 Å². The van der Waals surface area contributed by atoms with Crippen LogP contribution in [0.2, 0.25) is 0 Å². The summed E-state index contributed by atoms with van der Waals surface area (Å²) in [5, 5.41) is 5.00. The molecule has 1 aliphatic carbocycles. The summed E-state index contributed by atoms with van der Waals surface area (Å²) in [6.45, 7) is 3.71. The SMILES string of the molecule is CCOc1ccc(C(=O)O[C@@H](C)C(=O)NC(=O)NC2CCCCC2)cc1OC. The lowest BCUT2D eigenvalue weighted by Crippen LogP contribution is -2.48. The molecule has 1 aliphatic rings. The third-order valence-corrected chi connectivity index (χ3v) is 4.53. The number of benzene rings is 1. The van der Waals surface area contributed by atoms with Gasteiger partial charge in [-0.25, -0.2) is 9.59 Å². The van der Waals surface area contributed by atoms with Crippen molar-refractivity contribution in [1.29, 1.82) is 0 Å². The van der Waals surface area contributed by atoms with E-state index in [1.807, 2.05) is 6.92 Å². The van der Waals surface area contributed by atoms with Crippen molar-refractivity contribution in [1.82, 2.24) is 10.6 Å². The molecule has 0 aliphatic heterocycles. The van der Waals surface area contributed by atoms with Crippen molar-refractivity contribution in [2.45, 2.75) is 58.1 Å². The molecule has 0 radical (unpaired) electrons. The third kappa shape index (κ3) is 6.14. The van der Waals surface area contributed by atoms with Crippen molar-refractivity contribution < 1.29 is 28.6 Å². The van der Waals surface area contributed by atoms with Crippen LogP contribution in [0.4, 0.5) is 4.79 Å². The van der Waals surface area contributed by atoms with Crippen LogP contribution in [0.5, 0.6) is 11.5 Å². The lowest BCUT2D eigenvalue weighted by molar-refractivity contribution is -0.127. The fourth-order valence-electron chi connectivity index (χ4n) is 3.03. The molecule has 8 nitrogen and oxygen atoms in total. The lowest BCUT2D eigenvalue weighted by Gasteiger charge is -2.23. The molecular weight excluding hydrogens is 364 g/mol. The maximum absolute atomic E-state index is 12.3. The van der Waals surface area contributed by atoms with E-state index in [9.17, 15) is 14.4 Å². The normalized spacial score (nSPS) is 15.2. The van der Waals surface area contributed by atoms with Crippen molar-refractivity contribution in [3.63, 3.8) is 0 Å². The predicted molar refractivity (Wildman–Crippen MR) is 103 cm³/mol. The summed E-state index contributed by atoms with van der Waals surface area (Å²) in [5.41, 5.74) is 0.214. The molecule has 0 heterocycles. The van der Waals surface area contributed by atoms with Crippen molar-refractivity contribution in [3.8, 4) is 11.5 Å². The number of esters is 1. The molecule has 1 aromatic carbocycles. The number of ether oxygens (including phenoxy) is 3. The van der Waals surface area contributed by atoms with Gasteiger partial charge in [0.2, 0.25) is 0 Å². The first-order valence-corrected chi connectivity index (χ1v) is 9.57. The van der Waals surface area contributed by atoms with Crippen LogP contribution in [-0.4, -0.2) is 43.8 Å². The summed E-state index contributed by atoms with van der Waals surface area (Å²) < 4.78 is 15.8. The molecule has 28 heavy (non-hydrogen) atoms. The quantitative estimate of drug-likeness (QED) is 0.692. The molecule has 1 saturated carbocycles. The van der Waals surface area contributed by atoms with Gasteiger partial charge in [-0.1, -0.05) is 19.3 Å². The Bertz CT molecular complexity index is 700. The summed E-state index contributed by atoms with van der Waals surface area (Å²) in [4.78, 5) is 36.4. The largest absolute Gasteiger partial charge is 0.493 e. The Kier molecular flexibility index (Phi) is 8.10. The van der Waals surface area contributed by atoms with E-state index in [0.29, 0.717) is 18.1 Å². The molecular formula is C20H28N2O6. The van der Waals surface area contributed by atoms with Crippen LogP contribution in [-0.2, 0) is 9.53 Å². The van der Waals surface area contributed by atoms with E-state index in [1.54, 1.807) is 6.07 Å². The predicted octanol–water partition coefficient (Wildman–Crippen LogP) is 2.80. The molecule has 0 bridgehead atoms. The topological polar surface area (TPSA) is 103 Å². The number of amides is 3. The number of imide groups is 1. The number of urea groups is 1. The Labute approximate surface area is 164 Å². The highest BCUT2D eigenvalue weighted by Crippen LogP contribution is 2.28. The zero-order chi connectivity index (χ0) is 20.5. The van der Waals surface area contributed by atoms with Gasteiger partial charge in [0.05, 0.1) is 19.3 Å². The highest BCUT2D eigenvalue weighted by Gasteiger charge is 2.23. The maximum atomic E-state index is 12.3. The van der Waals surface area contributed by atoms with E-state index < -0.39 is 24.0 Å². The summed E-state index contributed by atoms with van der Waals surface area (Å²) in [6.07, 6.45) is 4.00. The molecule has 1 atom stereocenters. The fraction of sp³-hybridized carbons (Fsp3) is 0.550.